The molecule has 40 heavy (non-hydrogen) atoms. The molecule has 0 bridgehead atoms. The third-order valence-corrected chi connectivity index (χ3v) is 6.84. The predicted octanol–water partition coefficient (Wildman–Crippen LogP) is 4.26. The van der Waals surface area contributed by atoms with Crippen LogP contribution in [0.2, 0.25) is 0 Å². The van der Waals surface area contributed by atoms with Crippen LogP contribution < -0.4 is 30.6 Å². The Bertz CT molecular complexity index is 1430. The molecule has 214 valence electrons. The number of aromatic nitrogens is 2. The highest BCUT2D eigenvalue weighted by Gasteiger charge is 2.36. The highest BCUT2D eigenvalue weighted by atomic mass is 19.4. The zero-order valence-corrected chi connectivity index (χ0v) is 22.8. The van der Waals surface area contributed by atoms with Crippen LogP contribution >= 0.6 is 0 Å². The topological polar surface area (TPSA) is 97.7 Å². The van der Waals surface area contributed by atoms with Crippen LogP contribution in [0.4, 0.5) is 24.5 Å². The van der Waals surface area contributed by atoms with Gasteiger partial charge in [0.1, 0.15) is 17.2 Å². The molecule has 4 rings (SSSR count). The number of alkyl halides is 3. The quantitative estimate of drug-likeness (QED) is 0.359. The Morgan fingerprint density at radius 2 is 1.80 bits per heavy atom. The van der Waals surface area contributed by atoms with E-state index in [0.29, 0.717) is 72.2 Å². The average Bonchev–Trinajstić information content (AvgIpc) is 3.39. The summed E-state index contributed by atoms with van der Waals surface area (Å²) >= 11 is 0. The van der Waals surface area contributed by atoms with Crippen molar-refractivity contribution in [3.63, 3.8) is 0 Å². The first kappa shape index (κ1) is 28.8. The van der Waals surface area contributed by atoms with E-state index in [1.54, 1.807) is 18.2 Å². The molecule has 12 heteroatoms. The molecule has 0 atom stereocenters. The van der Waals surface area contributed by atoms with Crippen molar-refractivity contribution in [1.82, 2.24) is 15.1 Å². The number of ether oxygens (including phenoxy) is 2. The predicted molar refractivity (Wildman–Crippen MR) is 147 cm³/mol. The van der Waals surface area contributed by atoms with Gasteiger partial charge in [-0.2, -0.15) is 23.0 Å². The van der Waals surface area contributed by atoms with Crippen LogP contribution in [0.15, 0.2) is 41.2 Å². The van der Waals surface area contributed by atoms with Crippen LogP contribution in [0.25, 0.3) is 16.9 Å². The summed E-state index contributed by atoms with van der Waals surface area (Å²) in [7, 11) is 4.53. The first-order valence-corrected chi connectivity index (χ1v) is 12.9. The number of nitrogens with zero attached hydrogens (tertiary/aromatic N) is 3. The number of benzene rings is 2. The number of fused-ring (bicyclic) bond motifs is 1. The standard InChI is InChI=1S/C28H32F3N5O4/c1-5-35-12-10-21-25(17-13-19(39-3)16-20(14-17)40-4)34-36(27(38)26(21)35)23-15-18(8-9-22(23)28(29,30)31)33-11-6-7-24(37)32-2/h8-9,13-16,33H,5-7,10-12H2,1-4H3,(H,32,37). The SMILES string of the molecule is CCN1CCc2c(-c3cc(OC)cc(OC)c3)nn(-c3cc(NCCCC(=O)NC)ccc3C(F)(F)F)c(=O)c21. The Morgan fingerprint density at radius 1 is 1.10 bits per heavy atom. The maximum Gasteiger partial charge on any atom is 0.418 e. The summed E-state index contributed by atoms with van der Waals surface area (Å²) < 4.78 is 54.3. The summed E-state index contributed by atoms with van der Waals surface area (Å²) in [5.74, 6) is 0.824. The van der Waals surface area contributed by atoms with Gasteiger partial charge in [0.2, 0.25) is 5.91 Å². The number of nitrogens with one attached hydrogen (secondary N) is 2. The number of hydrogen-bond acceptors (Lipinski definition) is 7. The van der Waals surface area contributed by atoms with Crippen LogP contribution in [0.5, 0.6) is 11.5 Å². The van der Waals surface area contributed by atoms with E-state index in [-0.39, 0.29) is 12.3 Å². The number of carbonyl (C=O) groups is 1. The molecule has 0 aliphatic carbocycles. The van der Waals surface area contributed by atoms with E-state index in [1.165, 1.54) is 33.4 Å². The van der Waals surface area contributed by atoms with Gasteiger partial charge in [-0.15, -0.1) is 0 Å². The van der Waals surface area contributed by atoms with Gasteiger partial charge in [-0.3, -0.25) is 9.59 Å². The van der Waals surface area contributed by atoms with E-state index < -0.39 is 23.0 Å². The fraction of sp³-hybridized carbons (Fsp3) is 0.393. The lowest BCUT2D eigenvalue weighted by Crippen LogP contribution is -2.31. The number of likely N-dealkylation sites (N-methyl/N-ethyl adjacent to an activating group) is 1. The summed E-state index contributed by atoms with van der Waals surface area (Å²) in [6.45, 7) is 3.29. The van der Waals surface area contributed by atoms with Crippen LogP contribution in [0, 0.1) is 0 Å². The first-order chi connectivity index (χ1) is 19.1. The van der Waals surface area contributed by atoms with Crippen molar-refractivity contribution in [3.8, 4) is 28.4 Å². The molecule has 0 saturated heterocycles. The van der Waals surface area contributed by atoms with Gasteiger partial charge in [-0.1, -0.05) is 0 Å². The van der Waals surface area contributed by atoms with Gasteiger partial charge in [0.15, 0.2) is 0 Å². The Kier molecular flexibility index (Phi) is 8.55. The van der Waals surface area contributed by atoms with Crippen molar-refractivity contribution in [2.24, 2.45) is 0 Å². The Hall–Kier alpha value is -4.22. The molecular formula is C28H32F3N5O4. The smallest absolute Gasteiger partial charge is 0.418 e. The summed E-state index contributed by atoms with van der Waals surface area (Å²) in [6.07, 6.45) is -3.49. The molecule has 9 nitrogen and oxygen atoms in total. The van der Waals surface area contributed by atoms with Gasteiger partial charge in [0.25, 0.3) is 5.56 Å². The molecule has 0 spiro atoms. The number of methoxy groups -OCH3 is 2. The minimum absolute atomic E-state index is 0.133. The lowest BCUT2D eigenvalue weighted by Gasteiger charge is -2.21. The largest absolute Gasteiger partial charge is 0.497 e. The van der Waals surface area contributed by atoms with Gasteiger partial charge in [0, 0.05) is 56.0 Å². The monoisotopic (exact) mass is 559 g/mol. The second-order valence-corrected chi connectivity index (χ2v) is 9.26. The van der Waals surface area contributed by atoms with E-state index in [1.807, 2.05) is 11.8 Å². The fourth-order valence-corrected chi connectivity index (χ4v) is 4.79. The zero-order valence-electron chi connectivity index (χ0n) is 22.8. The maximum absolute atomic E-state index is 14.2. The molecular weight excluding hydrogens is 527 g/mol. The Balaban J connectivity index is 1.90. The number of halogens is 3. The van der Waals surface area contributed by atoms with Crippen LogP contribution in [0.1, 0.15) is 30.9 Å². The van der Waals surface area contributed by atoms with Crippen LogP contribution in [-0.2, 0) is 17.4 Å². The molecule has 1 amide bonds. The highest BCUT2D eigenvalue weighted by Crippen LogP contribution is 2.38. The highest BCUT2D eigenvalue weighted by molar-refractivity contribution is 5.76. The van der Waals surface area contributed by atoms with Gasteiger partial charge in [0.05, 0.1) is 31.2 Å². The summed E-state index contributed by atoms with van der Waals surface area (Å²) in [6, 6.07) is 8.61. The molecule has 0 unspecified atom stereocenters. The van der Waals surface area contributed by atoms with Crippen molar-refractivity contribution in [3.05, 3.63) is 57.9 Å². The Morgan fingerprint density at radius 3 is 2.40 bits per heavy atom. The summed E-state index contributed by atoms with van der Waals surface area (Å²) in [4.78, 5) is 27.1. The third kappa shape index (κ3) is 5.85. The minimum atomic E-state index is -4.74. The molecule has 2 heterocycles. The van der Waals surface area contributed by atoms with Crippen molar-refractivity contribution >= 4 is 17.3 Å². The molecule has 0 radical (unpaired) electrons. The van der Waals surface area contributed by atoms with Crippen molar-refractivity contribution in [2.75, 3.05) is 51.1 Å². The summed E-state index contributed by atoms with van der Waals surface area (Å²) in [5.41, 5.74) is 0.267. The van der Waals surface area contributed by atoms with Gasteiger partial charge in [-0.25, -0.2) is 0 Å². The van der Waals surface area contributed by atoms with Gasteiger partial charge < -0.3 is 25.0 Å². The first-order valence-electron chi connectivity index (χ1n) is 12.9. The normalized spacial score (nSPS) is 12.7. The van der Waals surface area contributed by atoms with Gasteiger partial charge in [-0.05, 0) is 50.1 Å². The van der Waals surface area contributed by atoms with E-state index in [0.717, 1.165) is 10.7 Å². The Labute approximate surface area is 229 Å². The van der Waals surface area contributed by atoms with Crippen molar-refractivity contribution in [1.29, 1.82) is 0 Å². The number of anilines is 2. The number of rotatable bonds is 10. The maximum atomic E-state index is 14.2. The lowest BCUT2D eigenvalue weighted by atomic mass is 10.0. The van der Waals surface area contributed by atoms with E-state index in [4.69, 9.17) is 9.47 Å². The molecule has 0 saturated carbocycles. The van der Waals surface area contributed by atoms with Gasteiger partial charge >= 0.3 is 6.18 Å². The molecule has 1 aliphatic rings. The molecule has 1 aliphatic heterocycles. The third-order valence-electron chi connectivity index (χ3n) is 6.84. The number of carbonyl (C=O) groups excluding carboxylic acids is 1. The molecule has 0 fully saturated rings. The number of hydrogen-bond donors (Lipinski definition) is 2. The summed E-state index contributed by atoms with van der Waals surface area (Å²) in [5, 5.41) is 10.1. The fourth-order valence-electron chi connectivity index (χ4n) is 4.79. The lowest BCUT2D eigenvalue weighted by molar-refractivity contribution is -0.137. The molecule has 2 aromatic carbocycles. The van der Waals surface area contributed by atoms with E-state index >= 15 is 0 Å². The molecule has 2 N–H and O–H groups in total. The minimum Gasteiger partial charge on any atom is -0.497 e. The van der Waals surface area contributed by atoms with Crippen LogP contribution in [0.3, 0.4) is 0 Å². The average molecular weight is 560 g/mol. The number of amides is 1. The molecule has 3 aromatic rings. The zero-order chi connectivity index (χ0) is 29.0. The van der Waals surface area contributed by atoms with Crippen molar-refractivity contribution < 1.29 is 27.4 Å². The second kappa shape index (κ2) is 11.9. The van der Waals surface area contributed by atoms with Crippen LogP contribution in [-0.4, -0.2) is 56.6 Å². The molecule has 1 aromatic heterocycles. The second-order valence-electron chi connectivity index (χ2n) is 9.26. The van der Waals surface area contributed by atoms with E-state index in [9.17, 15) is 22.8 Å². The van der Waals surface area contributed by atoms with E-state index in [2.05, 4.69) is 15.7 Å². The van der Waals surface area contributed by atoms with Crippen molar-refractivity contribution in [2.45, 2.75) is 32.4 Å².